The maximum atomic E-state index is 13.7. The highest BCUT2D eigenvalue weighted by molar-refractivity contribution is 5.87. The second-order valence-electron chi connectivity index (χ2n) is 10.8. The summed E-state index contributed by atoms with van der Waals surface area (Å²) in [5, 5.41) is 15.4. The molecule has 0 aliphatic rings. The van der Waals surface area contributed by atoms with E-state index in [1.165, 1.54) is 11.8 Å². The molecule has 10 heteroatoms. The molecule has 44 heavy (non-hydrogen) atoms. The molecule has 3 rings (SSSR count). The van der Waals surface area contributed by atoms with Crippen LogP contribution >= 0.6 is 0 Å². The van der Waals surface area contributed by atoms with Gasteiger partial charge in [0.25, 0.3) is 0 Å². The van der Waals surface area contributed by atoms with Crippen molar-refractivity contribution in [2.75, 3.05) is 26.3 Å². The van der Waals surface area contributed by atoms with Gasteiger partial charge in [0, 0.05) is 19.9 Å². The molecule has 10 nitrogen and oxygen atoms in total. The maximum Gasteiger partial charge on any atom is 0.331 e. The Hall–Kier alpha value is -4.70. The Labute approximate surface area is 258 Å². The predicted molar refractivity (Wildman–Crippen MR) is 166 cm³/mol. The number of nitrogens with one attached hydrogen (secondary N) is 2. The highest BCUT2D eigenvalue weighted by Gasteiger charge is 2.34. The van der Waals surface area contributed by atoms with Crippen molar-refractivity contribution in [2.24, 2.45) is 5.92 Å². The van der Waals surface area contributed by atoms with Gasteiger partial charge < -0.3 is 30.1 Å². The fraction of sp³-hybridized carbons (Fsp3) is 0.353. The van der Waals surface area contributed by atoms with Crippen LogP contribution in [0, 0.1) is 5.92 Å². The molecule has 0 spiro atoms. The van der Waals surface area contributed by atoms with Crippen LogP contribution < -0.4 is 10.6 Å². The molecule has 0 saturated heterocycles. The fourth-order valence-corrected chi connectivity index (χ4v) is 4.47. The average Bonchev–Trinajstić information content (AvgIpc) is 3.02. The predicted octanol–water partition coefficient (Wildman–Crippen LogP) is 3.72. The smallest absolute Gasteiger partial charge is 0.331 e. The van der Waals surface area contributed by atoms with Crippen molar-refractivity contribution in [2.45, 2.75) is 45.9 Å². The van der Waals surface area contributed by atoms with Crippen molar-refractivity contribution in [3.8, 4) is 11.1 Å². The van der Waals surface area contributed by atoms with E-state index in [1.807, 2.05) is 98.8 Å². The molecule has 3 aromatic carbocycles. The molecule has 0 unspecified atom stereocenters. The summed E-state index contributed by atoms with van der Waals surface area (Å²) in [6, 6.07) is 23.6. The van der Waals surface area contributed by atoms with Crippen LogP contribution in [0.4, 0.5) is 4.79 Å². The van der Waals surface area contributed by atoms with Gasteiger partial charge in [0.2, 0.25) is 5.91 Å². The van der Waals surface area contributed by atoms with E-state index in [0.29, 0.717) is 0 Å². The molecule has 0 bridgehead atoms. The monoisotopic (exact) mass is 603 g/mol. The van der Waals surface area contributed by atoms with E-state index in [2.05, 4.69) is 10.6 Å². The van der Waals surface area contributed by atoms with Gasteiger partial charge in [-0.1, -0.05) is 98.8 Å². The summed E-state index contributed by atoms with van der Waals surface area (Å²) in [7, 11) is 0. The first-order chi connectivity index (χ1) is 21.2. The number of aliphatic hydroxyl groups is 1. The molecule has 0 saturated carbocycles. The largest absolute Gasteiger partial charge is 0.462 e. The summed E-state index contributed by atoms with van der Waals surface area (Å²) in [5.41, 5.74) is 3.64. The fourth-order valence-electron chi connectivity index (χ4n) is 4.47. The van der Waals surface area contributed by atoms with E-state index < -0.39 is 36.7 Å². The summed E-state index contributed by atoms with van der Waals surface area (Å²) in [5.74, 6) is -1.82. The first-order valence-corrected chi connectivity index (χ1v) is 14.6. The summed E-state index contributed by atoms with van der Waals surface area (Å²) >= 11 is 0. The van der Waals surface area contributed by atoms with Gasteiger partial charge in [-0.15, -0.1) is 0 Å². The molecule has 0 aliphatic carbocycles. The lowest BCUT2D eigenvalue weighted by Gasteiger charge is -2.32. The Morgan fingerprint density at radius 1 is 0.795 bits per heavy atom. The number of esters is 2. The van der Waals surface area contributed by atoms with Gasteiger partial charge in [-0.25, -0.2) is 14.4 Å². The molecular weight excluding hydrogens is 562 g/mol. The molecule has 0 heterocycles. The standard InChI is InChI=1S/C34H41N3O7/c1-24(2)21-37(31(22-38)33(41)43-19-18-35-25(3)39)34(42)36-30(32(40)44-23-27-10-6-4-7-11-27)20-26-14-16-29(17-15-26)28-12-8-5-9-13-28/h4-17,24,30-31,38H,18-23H2,1-3H3,(H,35,39)(H,36,42)/t30-,31-/m0/s1. The summed E-state index contributed by atoms with van der Waals surface area (Å²) in [4.78, 5) is 52.1. The average molecular weight is 604 g/mol. The minimum atomic E-state index is -1.32. The molecular formula is C34H41N3O7. The molecule has 3 N–H and O–H groups in total. The summed E-state index contributed by atoms with van der Waals surface area (Å²) in [6.45, 7) is 4.46. The van der Waals surface area contributed by atoms with Crippen LogP contribution in [0.15, 0.2) is 84.9 Å². The van der Waals surface area contributed by atoms with E-state index in [4.69, 9.17) is 9.47 Å². The number of urea groups is 1. The maximum absolute atomic E-state index is 13.7. The van der Waals surface area contributed by atoms with Crippen molar-refractivity contribution in [1.82, 2.24) is 15.5 Å². The van der Waals surface area contributed by atoms with E-state index >= 15 is 0 Å². The zero-order valence-electron chi connectivity index (χ0n) is 25.4. The SMILES string of the molecule is CC(=O)NCCOC(=O)[C@H](CO)N(CC(C)C)C(=O)N[C@@H](Cc1ccc(-c2ccccc2)cc1)C(=O)OCc1ccccc1. The van der Waals surface area contributed by atoms with Crippen molar-refractivity contribution >= 4 is 23.9 Å². The Balaban J connectivity index is 1.79. The van der Waals surface area contributed by atoms with Crippen LogP contribution in [-0.4, -0.2) is 72.3 Å². The minimum Gasteiger partial charge on any atom is -0.462 e. The molecule has 2 atom stereocenters. The van der Waals surface area contributed by atoms with Crippen molar-refractivity contribution < 1.29 is 33.8 Å². The van der Waals surface area contributed by atoms with Gasteiger partial charge in [0.05, 0.1) is 13.2 Å². The van der Waals surface area contributed by atoms with Crippen LogP contribution in [0.3, 0.4) is 0 Å². The Morgan fingerprint density at radius 3 is 2.00 bits per heavy atom. The lowest BCUT2D eigenvalue weighted by molar-refractivity contribution is -0.150. The quantitative estimate of drug-likeness (QED) is 0.178. The van der Waals surface area contributed by atoms with Gasteiger partial charge in [0.1, 0.15) is 19.3 Å². The Morgan fingerprint density at radius 2 is 1.41 bits per heavy atom. The van der Waals surface area contributed by atoms with Gasteiger partial charge in [-0.05, 0) is 28.2 Å². The zero-order valence-corrected chi connectivity index (χ0v) is 25.4. The Bertz CT molecular complexity index is 1350. The van der Waals surface area contributed by atoms with E-state index in [1.54, 1.807) is 0 Å². The molecule has 3 amide bonds. The van der Waals surface area contributed by atoms with Gasteiger partial charge in [-0.3, -0.25) is 4.79 Å². The summed E-state index contributed by atoms with van der Waals surface area (Å²) < 4.78 is 10.8. The van der Waals surface area contributed by atoms with Crippen LogP contribution in [0.25, 0.3) is 11.1 Å². The van der Waals surface area contributed by atoms with Gasteiger partial charge >= 0.3 is 18.0 Å². The zero-order chi connectivity index (χ0) is 31.9. The molecule has 0 radical (unpaired) electrons. The van der Waals surface area contributed by atoms with Gasteiger partial charge in [-0.2, -0.15) is 0 Å². The number of aliphatic hydroxyl groups excluding tert-OH is 1. The van der Waals surface area contributed by atoms with E-state index in [9.17, 15) is 24.3 Å². The van der Waals surface area contributed by atoms with Crippen LogP contribution in [0.5, 0.6) is 0 Å². The second kappa shape index (κ2) is 17.4. The number of hydrogen-bond donors (Lipinski definition) is 3. The number of amides is 3. The van der Waals surface area contributed by atoms with E-state index in [0.717, 1.165) is 22.3 Å². The van der Waals surface area contributed by atoms with Gasteiger partial charge in [0.15, 0.2) is 6.04 Å². The third-order valence-corrected chi connectivity index (χ3v) is 6.67. The second-order valence-corrected chi connectivity index (χ2v) is 10.8. The number of rotatable bonds is 15. The number of carbonyl (C=O) groups excluding carboxylic acids is 4. The highest BCUT2D eigenvalue weighted by atomic mass is 16.5. The van der Waals surface area contributed by atoms with E-state index in [-0.39, 0.29) is 44.5 Å². The number of nitrogens with zero attached hydrogens (tertiary/aromatic N) is 1. The Kier molecular flexibility index (Phi) is 13.4. The molecule has 0 aromatic heterocycles. The van der Waals surface area contributed by atoms with Crippen LogP contribution in [0.1, 0.15) is 31.9 Å². The normalized spacial score (nSPS) is 12.1. The molecule has 3 aromatic rings. The summed E-state index contributed by atoms with van der Waals surface area (Å²) in [6.07, 6.45) is 0.134. The number of hydrogen-bond acceptors (Lipinski definition) is 7. The number of ether oxygens (including phenoxy) is 2. The molecule has 0 aliphatic heterocycles. The van der Waals surface area contributed by atoms with Crippen molar-refractivity contribution in [1.29, 1.82) is 0 Å². The number of carbonyl (C=O) groups is 4. The highest BCUT2D eigenvalue weighted by Crippen LogP contribution is 2.20. The third-order valence-electron chi connectivity index (χ3n) is 6.67. The number of benzene rings is 3. The van der Waals surface area contributed by atoms with Crippen LogP contribution in [0.2, 0.25) is 0 Å². The molecule has 0 fully saturated rings. The van der Waals surface area contributed by atoms with Crippen molar-refractivity contribution in [3.63, 3.8) is 0 Å². The minimum absolute atomic E-state index is 0.0224. The molecule has 234 valence electrons. The van der Waals surface area contributed by atoms with Crippen LogP contribution in [-0.2, 0) is 36.9 Å². The lowest BCUT2D eigenvalue weighted by Crippen LogP contribution is -2.56. The first-order valence-electron chi connectivity index (χ1n) is 14.6. The topological polar surface area (TPSA) is 134 Å². The lowest BCUT2D eigenvalue weighted by atomic mass is 10.0. The first kappa shape index (κ1) is 33.8. The third kappa shape index (κ3) is 10.9. The van der Waals surface area contributed by atoms with Crippen molar-refractivity contribution in [3.05, 3.63) is 96.1 Å².